The standard InChI is InChI=1S/C6H10N2O4.Sn/c9-5(10)3-7-1-2-8-4-6(11)12;/h1-4H2,(H,9,10)(H,11,12);/q-2;+2. The van der Waals surface area contributed by atoms with Gasteiger partial charge in [-0.1, -0.05) is 0 Å². The van der Waals surface area contributed by atoms with Crippen molar-refractivity contribution in [3.63, 3.8) is 0 Å². The Morgan fingerprint density at radius 3 is 1.77 bits per heavy atom. The van der Waals surface area contributed by atoms with Gasteiger partial charge in [-0.3, -0.25) is 0 Å². The number of hydrogen-bond acceptors (Lipinski definition) is 4. The van der Waals surface area contributed by atoms with Gasteiger partial charge in [-0.25, -0.2) is 0 Å². The zero-order valence-electron chi connectivity index (χ0n) is 6.93. The molecule has 1 heterocycles. The van der Waals surface area contributed by atoms with E-state index in [1.807, 2.05) is 6.24 Å². The van der Waals surface area contributed by atoms with Gasteiger partial charge in [0.1, 0.15) is 0 Å². The predicted molar refractivity (Wildman–Crippen MR) is 44.2 cm³/mol. The van der Waals surface area contributed by atoms with Gasteiger partial charge in [-0.05, 0) is 0 Å². The average molecular weight is 293 g/mol. The van der Waals surface area contributed by atoms with Gasteiger partial charge < -0.3 is 0 Å². The fourth-order valence-electron chi connectivity index (χ4n) is 1.10. The van der Waals surface area contributed by atoms with E-state index in [1.54, 1.807) is 0 Å². The van der Waals surface area contributed by atoms with E-state index < -0.39 is 33.6 Å². The van der Waals surface area contributed by atoms with Gasteiger partial charge in [0, 0.05) is 0 Å². The van der Waals surface area contributed by atoms with E-state index in [0.717, 1.165) is 0 Å². The second kappa shape index (κ2) is 4.77. The molecule has 2 radical (unpaired) electrons. The van der Waals surface area contributed by atoms with Gasteiger partial charge in [0.05, 0.1) is 0 Å². The van der Waals surface area contributed by atoms with Crippen LogP contribution in [0.3, 0.4) is 0 Å². The van der Waals surface area contributed by atoms with E-state index in [2.05, 4.69) is 0 Å². The zero-order valence-corrected chi connectivity index (χ0v) is 9.79. The summed E-state index contributed by atoms with van der Waals surface area (Å²) in [5, 5.41) is 17.0. The van der Waals surface area contributed by atoms with Crippen LogP contribution in [0.2, 0.25) is 0 Å². The first-order chi connectivity index (χ1) is 6.08. The van der Waals surface area contributed by atoms with Gasteiger partial charge in [0.15, 0.2) is 0 Å². The molecule has 7 heteroatoms. The summed E-state index contributed by atoms with van der Waals surface area (Å²) in [5.74, 6) is -1.67. The molecule has 0 unspecified atom stereocenters. The number of carbonyl (C=O) groups is 2. The molecular formula is C6H10N2O4Sn. The molecule has 0 aromatic heterocycles. The SMILES string of the molecule is O=C(O)C[N]1CC[N](CC(=O)O)[Sn]1. The Bertz CT molecular complexity index is 201. The Kier molecular flexibility index (Phi) is 3.94. The fraction of sp³-hybridized carbons (Fsp3) is 0.667. The van der Waals surface area contributed by atoms with Crippen LogP contribution in [0.4, 0.5) is 0 Å². The van der Waals surface area contributed by atoms with Crippen LogP contribution in [0.15, 0.2) is 0 Å². The van der Waals surface area contributed by atoms with Crippen LogP contribution in [0, 0.1) is 0 Å². The summed E-state index contributed by atoms with van der Waals surface area (Å²) in [6.45, 7) is 1.52. The van der Waals surface area contributed by atoms with Gasteiger partial charge in [-0.2, -0.15) is 0 Å². The third-order valence-electron chi connectivity index (χ3n) is 1.57. The fourth-order valence-corrected chi connectivity index (χ4v) is 4.56. The first-order valence-corrected chi connectivity index (χ1v) is 6.33. The van der Waals surface area contributed by atoms with Crippen LogP contribution in [0.5, 0.6) is 0 Å². The van der Waals surface area contributed by atoms with Crippen LogP contribution < -0.4 is 0 Å². The van der Waals surface area contributed by atoms with Crippen molar-refractivity contribution in [2.45, 2.75) is 0 Å². The third-order valence-corrected chi connectivity index (χ3v) is 5.37. The van der Waals surface area contributed by atoms with Crippen molar-refractivity contribution < 1.29 is 19.8 Å². The van der Waals surface area contributed by atoms with E-state index in [-0.39, 0.29) is 13.1 Å². The summed E-state index contributed by atoms with van der Waals surface area (Å²) in [6, 6.07) is 0. The number of carboxylic acid groups (broad SMARTS) is 2. The molecular weight excluding hydrogens is 283 g/mol. The van der Waals surface area contributed by atoms with Crippen LogP contribution in [-0.2, 0) is 9.59 Å². The maximum atomic E-state index is 10.3. The molecule has 1 aliphatic rings. The van der Waals surface area contributed by atoms with Gasteiger partial charge >= 0.3 is 85.9 Å². The van der Waals surface area contributed by atoms with Crippen LogP contribution in [-0.4, -0.2) is 76.3 Å². The second-order valence-corrected chi connectivity index (χ2v) is 6.91. The molecule has 1 aliphatic heterocycles. The van der Waals surface area contributed by atoms with Gasteiger partial charge in [0.2, 0.25) is 0 Å². The first kappa shape index (κ1) is 10.7. The molecule has 72 valence electrons. The van der Waals surface area contributed by atoms with Crippen LogP contribution >= 0.6 is 0 Å². The maximum absolute atomic E-state index is 10.3. The molecule has 0 aliphatic carbocycles. The van der Waals surface area contributed by atoms with E-state index in [4.69, 9.17) is 10.2 Å². The monoisotopic (exact) mass is 294 g/mol. The Balaban J connectivity index is 2.27. The number of carboxylic acids is 2. The second-order valence-electron chi connectivity index (χ2n) is 2.73. The molecule has 2 N–H and O–H groups in total. The number of aliphatic carboxylic acids is 2. The summed E-state index contributed by atoms with van der Waals surface area (Å²) < 4.78 is 3.74. The third kappa shape index (κ3) is 3.92. The Morgan fingerprint density at radius 1 is 1.08 bits per heavy atom. The molecule has 0 bridgehead atoms. The molecule has 1 rings (SSSR count). The first-order valence-electron chi connectivity index (χ1n) is 3.77. The van der Waals surface area contributed by atoms with E-state index in [1.165, 1.54) is 0 Å². The minimum absolute atomic E-state index is 0.0578. The Labute approximate surface area is 86.0 Å². The topological polar surface area (TPSA) is 81.1 Å². The molecule has 1 fully saturated rings. The number of nitrogens with zero attached hydrogens (tertiary/aromatic N) is 2. The molecule has 0 saturated carbocycles. The Morgan fingerprint density at radius 2 is 1.46 bits per heavy atom. The summed E-state index contributed by atoms with van der Waals surface area (Å²) in [4.78, 5) is 20.7. The molecule has 0 aromatic carbocycles. The number of hydrogen-bond donors (Lipinski definition) is 2. The predicted octanol–water partition coefficient (Wildman–Crippen LogP) is -1.69. The van der Waals surface area contributed by atoms with Crippen molar-refractivity contribution in [2.75, 3.05) is 26.2 Å². The normalized spacial score (nSPS) is 19.1. The van der Waals surface area contributed by atoms with E-state index in [9.17, 15) is 9.59 Å². The molecule has 0 atom stereocenters. The van der Waals surface area contributed by atoms with Crippen molar-refractivity contribution in [3.8, 4) is 0 Å². The summed E-state index contributed by atoms with van der Waals surface area (Å²) in [7, 11) is 0. The molecule has 1 saturated heterocycles. The van der Waals surface area contributed by atoms with Crippen LogP contribution in [0.1, 0.15) is 0 Å². The van der Waals surface area contributed by atoms with Crippen molar-refractivity contribution in [2.24, 2.45) is 0 Å². The van der Waals surface area contributed by atoms with Gasteiger partial charge in [0.25, 0.3) is 0 Å². The minimum atomic E-state index is -1.09. The summed E-state index contributed by atoms with van der Waals surface area (Å²) in [5.41, 5.74) is 0. The van der Waals surface area contributed by atoms with Crippen molar-refractivity contribution >= 4 is 33.6 Å². The number of rotatable bonds is 4. The van der Waals surface area contributed by atoms with E-state index in [0.29, 0.717) is 13.1 Å². The molecule has 6 nitrogen and oxygen atoms in total. The van der Waals surface area contributed by atoms with Crippen molar-refractivity contribution in [3.05, 3.63) is 0 Å². The Hall–Kier alpha value is -0.341. The average Bonchev–Trinajstić information content (AvgIpc) is 2.33. The quantitative estimate of drug-likeness (QED) is 0.602. The zero-order chi connectivity index (χ0) is 9.84. The summed E-state index contributed by atoms with van der Waals surface area (Å²) >= 11 is -1.09. The molecule has 13 heavy (non-hydrogen) atoms. The van der Waals surface area contributed by atoms with Gasteiger partial charge in [-0.15, -0.1) is 0 Å². The van der Waals surface area contributed by atoms with Crippen molar-refractivity contribution in [1.29, 1.82) is 0 Å². The molecule has 0 amide bonds. The van der Waals surface area contributed by atoms with E-state index >= 15 is 0 Å². The molecule has 0 spiro atoms. The molecule has 0 aromatic rings. The van der Waals surface area contributed by atoms with Crippen molar-refractivity contribution in [1.82, 2.24) is 6.24 Å². The van der Waals surface area contributed by atoms with Crippen LogP contribution in [0.25, 0.3) is 0 Å². The summed E-state index contributed by atoms with van der Waals surface area (Å²) in [6.07, 6.45) is 0.